The summed E-state index contributed by atoms with van der Waals surface area (Å²) >= 11 is 7.48. The van der Waals surface area contributed by atoms with Crippen molar-refractivity contribution in [1.82, 2.24) is 4.90 Å². The number of nitrogens with zero attached hydrogens (tertiary/aromatic N) is 2. The van der Waals surface area contributed by atoms with Crippen LogP contribution in [-0.2, 0) is 6.54 Å². The van der Waals surface area contributed by atoms with Crippen molar-refractivity contribution >= 4 is 44.5 Å². The van der Waals surface area contributed by atoms with Crippen LogP contribution < -0.4 is 4.90 Å². The fourth-order valence-electron chi connectivity index (χ4n) is 5.11. The Kier molecular flexibility index (Phi) is 7.00. The Morgan fingerprint density at radius 3 is 2.15 bits per heavy atom. The Balaban J connectivity index is 1.21. The number of rotatable bonds is 6. The summed E-state index contributed by atoms with van der Waals surface area (Å²) < 4.78 is 0.842. The molecule has 196 valence electrons. The first kappa shape index (κ1) is 25.4. The zero-order valence-electron chi connectivity index (χ0n) is 21.2. The lowest BCUT2D eigenvalue weighted by molar-refractivity contribution is 0.104. The molecule has 0 bridgehead atoms. The Bertz CT molecular complexity index is 1620. The Morgan fingerprint density at radius 2 is 1.46 bits per heavy atom. The third-order valence-electron chi connectivity index (χ3n) is 7.22. The maximum atomic E-state index is 13.9. The molecule has 0 spiro atoms. The number of carbonyl (C=O) groups excluding carboxylic acids is 1. The summed E-state index contributed by atoms with van der Waals surface area (Å²) in [6.07, 6.45) is 0. The first-order chi connectivity index (χ1) is 18.9. The molecule has 0 atom stereocenters. The van der Waals surface area contributed by atoms with Crippen LogP contribution in [0.1, 0.15) is 21.5 Å². The Hall–Kier alpha value is -3.84. The highest BCUT2D eigenvalue weighted by atomic mass is 35.5. The van der Waals surface area contributed by atoms with Gasteiger partial charge in [0.25, 0.3) is 0 Å². The average molecular weight is 555 g/mol. The van der Waals surface area contributed by atoms with E-state index in [0.29, 0.717) is 11.1 Å². The maximum Gasteiger partial charge on any atom is 0.195 e. The predicted octanol–water partition coefficient (Wildman–Crippen LogP) is 7.19. The van der Waals surface area contributed by atoms with Gasteiger partial charge in [-0.1, -0.05) is 23.7 Å². The van der Waals surface area contributed by atoms with Gasteiger partial charge in [-0.05, 0) is 90.0 Å². The van der Waals surface area contributed by atoms with Gasteiger partial charge in [-0.3, -0.25) is 9.69 Å². The summed E-state index contributed by atoms with van der Waals surface area (Å²) in [6.45, 7) is 4.68. The van der Waals surface area contributed by atoms with Crippen LogP contribution in [0.4, 0.5) is 5.69 Å². The highest BCUT2D eigenvalue weighted by Gasteiger charge is 2.23. The molecule has 6 rings (SSSR count). The molecule has 2 N–H and O–H groups in total. The third kappa shape index (κ3) is 5.36. The molecule has 1 aromatic heterocycles. The molecule has 1 aliphatic rings. The highest BCUT2D eigenvalue weighted by Crippen LogP contribution is 2.41. The Morgan fingerprint density at radius 1 is 0.795 bits per heavy atom. The van der Waals surface area contributed by atoms with E-state index in [1.165, 1.54) is 16.9 Å². The van der Waals surface area contributed by atoms with Crippen molar-refractivity contribution < 1.29 is 15.0 Å². The Labute approximate surface area is 236 Å². The van der Waals surface area contributed by atoms with Crippen molar-refractivity contribution in [2.45, 2.75) is 6.54 Å². The van der Waals surface area contributed by atoms with E-state index < -0.39 is 0 Å². The van der Waals surface area contributed by atoms with Crippen LogP contribution in [0, 0.1) is 0 Å². The normalized spacial score (nSPS) is 14.1. The van der Waals surface area contributed by atoms with Gasteiger partial charge in [0.2, 0.25) is 0 Å². The molecule has 2 heterocycles. The quantitative estimate of drug-likeness (QED) is 0.218. The molecule has 39 heavy (non-hydrogen) atoms. The van der Waals surface area contributed by atoms with Gasteiger partial charge in [-0.25, -0.2) is 0 Å². The molecule has 0 radical (unpaired) electrons. The van der Waals surface area contributed by atoms with Gasteiger partial charge in [0.1, 0.15) is 11.5 Å². The van der Waals surface area contributed by atoms with E-state index in [1.807, 2.05) is 48.5 Å². The first-order valence-corrected chi connectivity index (χ1v) is 14.1. The molecule has 0 unspecified atom stereocenters. The van der Waals surface area contributed by atoms with Crippen molar-refractivity contribution in [3.8, 4) is 21.9 Å². The van der Waals surface area contributed by atoms with E-state index in [9.17, 15) is 15.0 Å². The summed E-state index contributed by atoms with van der Waals surface area (Å²) in [4.78, 5) is 19.5. The standard InChI is InChI=1S/C32H27ClN2O3S/c33-24-7-1-21(2-8-24)20-34-15-17-35(18-16-34)25-9-3-22(4-10-25)31(38)30-28-14-13-27(37)19-29(28)39-32(30)23-5-11-26(36)12-6-23/h1-14,19,36-37H,15-18,20H2. The van der Waals surface area contributed by atoms with E-state index in [2.05, 4.69) is 21.9 Å². The number of hydrogen-bond acceptors (Lipinski definition) is 6. The topological polar surface area (TPSA) is 64.0 Å². The SMILES string of the molecule is O=C(c1ccc(N2CCN(Cc3ccc(Cl)cc3)CC2)cc1)c1c(-c2ccc(O)cc2)sc2cc(O)ccc12. The lowest BCUT2D eigenvalue weighted by Crippen LogP contribution is -2.45. The second-order valence-corrected chi connectivity index (χ2v) is 11.3. The lowest BCUT2D eigenvalue weighted by Gasteiger charge is -2.36. The molecule has 1 fully saturated rings. The smallest absolute Gasteiger partial charge is 0.195 e. The third-order valence-corrected chi connectivity index (χ3v) is 8.67. The molecule has 0 saturated carbocycles. The van der Waals surface area contributed by atoms with E-state index in [1.54, 1.807) is 30.3 Å². The number of phenols is 2. The van der Waals surface area contributed by atoms with Crippen molar-refractivity contribution in [2.24, 2.45) is 0 Å². The number of thiophene rings is 1. The molecule has 0 aliphatic carbocycles. The number of carbonyl (C=O) groups is 1. The van der Waals surface area contributed by atoms with Crippen LogP contribution in [0.5, 0.6) is 11.5 Å². The number of fused-ring (bicyclic) bond motifs is 1. The summed E-state index contributed by atoms with van der Waals surface area (Å²) in [7, 11) is 0. The van der Waals surface area contributed by atoms with E-state index in [4.69, 9.17) is 11.6 Å². The average Bonchev–Trinajstić information content (AvgIpc) is 3.33. The van der Waals surface area contributed by atoms with Gasteiger partial charge >= 0.3 is 0 Å². The van der Waals surface area contributed by atoms with Gasteiger partial charge in [-0.2, -0.15) is 0 Å². The van der Waals surface area contributed by atoms with Gasteiger partial charge in [0.15, 0.2) is 5.78 Å². The molecule has 5 aromatic rings. The van der Waals surface area contributed by atoms with Crippen molar-refractivity contribution in [1.29, 1.82) is 0 Å². The van der Waals surface area contributed by atoms with E-state index >= 15 is 0 Å². The molecular formula is C32H27ClN2O3S. The summed E-state index contributed by atoms with van der Waals surface area (Å²) in [6, 6.07) is 27.9. The minimum atomic E-state index is -0.0608. The number of piperazine rings is 1. The van der Waals surface area contributed by atoms with Crippen molar-refractivity contribution in [2.75, 3.05) is 31.1 Å². The van der Waals surface area contributed by atoms with Crippen LogP contribution in [-0.4, -0.2) is 47.1 Å². The number of ketones is 1. The molecule has 5 nitrogen and oxygen atoms in total. The predicted molar refractivity (Wildman–Crippen MR) is 159 cm³/mol. The molecule has 4 aromatic carbocycles. The largest absolute Gasteiger partial charge is 0.508 e. The summed E-state index contributed by atoms with van der Waals surface area (Å²) in [5.74, 6) is 0.277. The zero-order valence-corrected chi connectivity index (χ0v) is 22.8. The first-order valence-electron chi connectivity index (χ1n) is 12.9. The summed E-state index contributed by atoms with van der Waals surface area (Å²) in [5, 5.41) is 21.3. The van der Waals surface area contributed by atoms with Gasteiger partial charge in [0, 0.05) is 69.5 Å². The number of hydrogen-bond donors (Lipinski definition) is 2. The molecule has 0 amide bonds. The summed E-state index contributed by atoms with van der Waals surface area (Å²) in [5.41, 5.74) is 4.46. The molecule has 1 aliphatic heterocycles. The number of halogens is 1. The minimum Gasteiger partial charge on any atom is -0.508 e. The fourth-order valence-corrected chi connectivity index (χ4v) is 6.47. The van der Waals surface area contributed by atoms with E-state index in [0.717, 1.165) is 64.0 Å². The molecule has 7 heteroatoms. The second kappa shape index (κ2) is 10.7. The highest BCUT2D eigenvalue weighted by molar-refractivity contribution is 7.22. The van der Waals surface area contributed by atoms with Crippen molar-refractivity contribution in [3.05, 3.63) is 113 Å². The molecular weight excluding hydrogens is 528 g/mol. The van der Waals surface area contributed by atoms with Crippen LogP contribution >= 0.6 is 22.9 Å². The van der Waals surface area contributed by atoms with Crippen molar-refractivity contribution in [3.63, 3.8) is 0 Å². The number of phenolic OH excluding ortho intramolecular Hbond substituents is 2. The van der Waals surface area contributed by atoms with Gasteiger partial charge in [-0.15, -0.1) is 11.3 Å². The van der Waals surface area contributed by atoms with Crippen LogP contribution in [0.15, 0.2) is 91.0 Å². The number of benzene rings is 4. The van der Waals surface area contributed by atoms with Crippen LogP contribution in [0.3, 0.4) is 0 Å². The van der Waals surface area contributed by atoms with Crippen LogP contribution in [0.2, 0.25) is 5.02 Å². The fraction of sp³-hybridized carbons (Fsp3) is 0.156. The van der Waals surface area contributed by atoms with Gasteiger partial charge in [0.05, 0.1) is 0 Å². The monoisotopic (exact) mass is 554 g/mol. The van der Waals surface area contributed by atoms with Crippen LogP contribution in [0.25, 0.3) is 20.5 Å². The second-order valence-electron chi connectivity index (χ2n) is 9.80. The zero-order chi connectivity index (χ0) is 26.9. The van der Waals surface area contributed by atoms with E-state index in [-0.39, 0.29) is 17.3 Å². The number of anilines is 1. The maximum absolute atomic E-state index is 13.9. The molecule has 1 saturated heterocycles. The minimum absolute atomic E-state index is 0.0608. The lowest BCUT2D eigenvalue weighted by atomic mass is 9.97. The number of aromatic hydroxyl groups is 2. The van der Waals surface area contributed by atoms with Gasteiger partial charge < -0.3 is 15.1 Å².